The summed E-state index contributed by atoms with van der Waals surface area (Å²) in [7, 11) is -1.98. The largest absolute Gasteiger partial charge is 0.434 e. The maximum absolute atomic E-state index is 12.7. The lowest BCUT2D eigenvalue weighted by atomic mass is 10.1. The number of morpholine rings is 1. The fourth-order valence-electron chi connectivity index (χ4n) is 2.38. The molecule has 0 unspecified atom stereocenters. The van der Waals surface area contributed by atoms with Crippen molar-refractivity contribution in [2.75, 3.05) is 31.2 Å². The van der Waals surface area contributed by atoms with Crippen molar-refractivity contribution in [1.82, 2.24) is 0 Å². The molecule has 0 saturated carbocycles. The van der Waals surface area contributed by atoms with E-state index in [0.717, 1.165) is 18.8 Å². The van der Waals surface area contributed by atoms with Crippen LogP contribution in [0.1, 0.15) is 26.3 Å². The first-order valence-corrected chi connectivity index (χ1v) is 11.6. The molecule has 0 amide bonds. The van der Waals surface area contributed by atoms with E-state index < -0.39 is 14.9 Å². The molecule has 142 valence electrons. The van der Waals surface area contributed by atoms with Gasteiger partial charge < -0.3 is 18.8 Å². The van der Waals surface area contributed by atoms with E-state index in [1.54, 1.807) is 6.07 Å². The molecule has 1 aromatic rings. The summed E-state index contributed by atoms with van der Waals surface area (Å²) in [6, 6.07) is 5.33. The average Bonchev–Trinajstić information content (AvgIpc) is 2.53. The van der Waals surface area contributed by atoms with Crippen LogP contribution in [0.3, 0.4) is 0 Å². The molecule has 1 heterocycles. The predicted molar refractivity (Wildman–Crippen MR) is 98.1 cm³/mol. The van der Waals surface area contributed by atoms with Crippen molar-refractivity contribution in [3.63, 3.8) is 0 Å². The van der Waals surface area contributed by atoms with E-state index in [0.29, 0.717) is 18.8 Å². The summed E-state index contributed by atoms with van der Waals surface area (Å²) in [6.45, 7) is 11.1. The average molecular weight is 374 g/mol. The number of ether oxygens (including phenoxy) is 2. The maximum atomic E-state index is 12.7. The van der Waals surface area contributed by atoms with Crippen LogP contribution in [0, 0.1) is 0 Å². The van der Waals surface area contributed by atoms with E-state index in [-0.39, 0.29) is 17.4 Å². The Morgan fingerprint density at radius 3 is 2.40 bits per heavy atom. The Morgan fingerprint density at radius 1 is 1.20 bits per heavy atom. The fraction of sp³-hybridized carbons (Fsp3) is 0.667. The minimum absolute atomic E-state index is 0.0541. The molecule has 1 aliphatic rings. The number of hydrogen-bond donors (Lipinski definition) is 0. The van der Waals surface area contributed by atoms with Gasteiger partial charge in [-0.25, -0.2) is 0 Å². The second-order valence-corrected chi connectivity index (χ2v) is 12.6. The molecule has 0 radical (unpaired) electrons. The smallest absolute Gasteiger partial charge is 0.387 e. The third kappa shape index (κ3) is 5.39. The van der Waals surface area contributed by atoms with Crippen molar-refractivity contribution >= 4 is 14.0 Å². The van der Waals surface area contributed by atoms with Gasteiger partial charge in [0, 0.05) is 24.3 Å². The second-order valence-electron chi connectivity index (χ2n) is 7.82. The highest BCUT2D eigenvalue weighted by molar-refractivity contribution is 6.74. The predicted octanol–water partition coefficient (Wildman–Crippen LogP) is 4.65. The van der Waals surface area contributed by atoms with Crippen molar-refractivity contribution in [2.24, 2.45) is 0 Å². The van der Waals surface area contributed by atoms with Crippen LogP contribution in [0.5, 0.6) is 5.75 Å². The van der Waals surface area contributed by atoms with E-state index in [1.807, 2.05) is 12.1 Å². The van der Waals surface area contributed by atoms with Crippen molar-refractivity contribution < 1.29 is 22.7 Å². The standard InChI is InChI=1S/C18H29F2NO3Si/c1-18(2,3)25(4,5)23-13-14-12-15(21-8-10-22-11-9-21)6-7-16(14)24-17(19)20/h6-7,12,17H,8-11,13H2,1-5H3. The Bertz CT molecular complexity index is 570. The van der Waals surface area contributed by atoms with Crippen molar-refractivity contribution in [2.45, 2.75) is 52.1 Å². The zero-order chi connectivity index (χ0) is 18.7. The Kier molecular flexibility index (Phi) is 6.45. The number of benzene rings is 1. The van der Waals surface area contributed by atoms with Crippen LogP contribution >= 0.6 is 0 Å². The molecule has 0 aromatic heterocycles. The van der Waals surface area contributed by atoms with Gasteiger partial charge in [0.1, 0.15) is 5.75 Å². The first-order valence-electron chi connectivity index (χ1n) is 8.64. The monoisotopic (exact) mass is 373 g/mol. The van der Waals surface area contributed by atoms with Crippen LogP contribution in [0.25, 0.3) is 0 Å². The van der Waals surface area contributed by atoms with Gasteiger partial charge in [0.05, 0.1) is 19.8 Å². The van der Waals surface area contributed by atoms with E-state index in [2.05, 4.69) is 38.8 Å². The summed E-state index contributed by atoms with van der Waals surface area (Å²) in [5.74, 6) is 0.186. The number of halogens is 2. The molecule has 1 aromatic carbocycles. The minimum atomic E-state index is -2.85. The molecule has 2 rings (SSSR count). The number of rotatable bonds is 6. The first-order chi connectivity index (χ1) is 11.6. The molecule has 1 fully saturated rings. The number of nitrogens with zero attached hydrogens (tertiary/aromatic N) is 1. The lowest BCUT2D eigenvalue weighted by Crippen LogP contribution is -2.40. The summed E-state index contributed by atoms with van der Waals surface area (Å²) in [5, 5.41) is 0.0541. The molecule has 4 nitrogen and oxygen atoms in total. The highest BCUT2D eigenvalue weighted by Crippen LogP contribution is 2.38. The van der Waals surface area contributed by atoms with Gasteiger partial charge in [-0.3, -0.25) is 0 Å². The fourth-order valence-corrected chi connectivity index (χ4v) is 3.33. The molecular formula is C18H29F2NO3Si. The summed E-state index contributed by atoms with van der Waals surface area (Å²) >= 11 is 0. The van der Waals surface area contributed by atoms with Gasteiger partial charge in [0.15, 0.2) is 8.32 Å². The number of anilines is 1. The van der Waals surface area contributed by atoms with Crippen LogP contribution in [-0.2, 0) is 15.8 Å². The molecule has 0 spiro atoms. The normalized spacial score (nSPS) is 16.4. The molecule has 7 heteroatoms. The van der Waals surface area contributed by atoms with E-state index >= 15 is 0 Å². The van der Waals surface area contributed by atoms with Crippen molar-refractivity contribution in [1.29, 1.82) is 0 Å². The van der Waals surface area contributed by atoms with Crippen LogP contribution in [-0.4, -0.2) is 41.2 Å². The van der Waals surface area contributed by atoms with E-state index in [9.17, 15) is 8.78 Å². The van der Waals surface area contributed by atoms with Gasteiger partial charge in [-0.05, 0) is 36.3 Å². The van der Waals surface area contributed by atoms with Gasteiger partial charge >= 0.3 is 6.61 Å². The minimum Gasteiger partial charge on any atom is -0.434 e. The molecule has 1 saturated heterocycles. The van der Waals surface area contributed by atoms with Crippen molar-refractivity contribution in [3.8, 4) is 5.75 Å². The molecular weight excluding hydrogens is 344 g/mol. The maximum Gasteiger partial charge on any atom is 0.387 e. The van der Waals surface area contributed by atoms with Crippen LogP contribution in [0.15, 0.2) is 18.2 Å². The van der Waals surface area contributed by atoms with E-state index in [1.165, 1.54) is 0 Å². The van der Waals surface area contributed by atoms with Crippen LogP contribution in [0.4, 0.5) is 14.5 Å². The molecule has 0 aliphatic carbocycles. The highest BCUT2D eigenvalue weighted by atomic mass is 28.4. The van der Waals surface area contributed by atoms with Crippen molar-refractivity contribution in [3.05, 3.63) is 23.8 Å². The van der Waals surface area contributed by atoms with Gasteiger partial charge in [-0.15, -0.1) is 0 Å². The Labute approximate surface area is 150 Å². The Balaban J connectivity index is 2.22. The molecule has 25 heavy (non-hydrogen) atoms. The topological polar surface area (TPSA) is 30.9 Å². The summed E-state index contributed by atoms with van der Waals surface area (Å²) in [5.41, 5.74) is 1.65. The van der Waals surface area contributed by atoms with Gasteiger partial charge in [0.25, 0.3) is 0 Å². The third-order valence-electron chi connectivity index (χ3n) is 5.03. The van der Waals surface area contributed by atoms with Crippen LogP contribution < -0.4 is 9.64 Å². The first kappa shape index (κ1) is 20.1. The summed E-state index contributed by atoms with van der Waals surface area (Å²) in [6.07, 6.45) is 0. The summed E-state index contributed by atoms with van der Waals surface area (Å²) in [4.78, 5) is 2.19. The van der Waals surface area contributed by atoms with Crippen LogP contribution in [0.2, 0.25) is 18.1 Å². The van der Waals surface area contributed by atoms with Gasteiger partial charge in [-0.1, -0.05) is 20.8 Å². The quantitative estimate of drug-likeness (QED) is 0.680. The molecule has 0 N–H and O–H groups in total. The zero-order valence-corrected chi connectivity index (χ0v) is 16.8. The molecule has 0 atom stereocenters. The number of alkyl halides is 2. The van der Waals surface area contributed by atoms with E-state index in [4.69, 9.17) is 13.9 Å². The lowest BCUT2D eigenvalue weighted by Gasteiger charge is -2.36. The zero-order valence-electron chi connectivity index (χ0n) is 15.8. The third-order valence-corrected chi connectivity index (χ3v) is 9.51. The Morgan fingerprint density at radius 2 is 1.84 bits per heavy atom. The number of hydrogen-bond acceptors (Lipinski definition) is 4. The molecule has 0 bridgehead atoms. The lowest BCUT2D eigenvalue weighted by molar-refractivity contribution is -0.0508. The second kappa shape index (κ2) is 8.01. The summed E-state index contributed by atoms with van der Waals surface area (Å²) < 4.78 is 41.8. The Hall–Kier alpha value is -1.18. The van der Waals surface area contributed by atoms with Gasteiger partial charge in [-0.2, -0.15) is 8.78 Å². The van der Waals surface area contributed by atoms with Gasteiger partial charge in [0.2, 0.25) is 0 Å². The highest BCUT2D eigenvalue weighted by Gasteiger charge is 2.37. The molecule has 1 aliphatic heterocycles. The SMILES string of the molecule is CC(C)(C)[Si](C)(C)OCc1cc(N2CCOCC2)ccc1OC(F)F.